The van der Waals surface area contributed by atoms with Crippen molar-refractivity contribution in [2.45, 2.75) is 42.9 Å². The van der Waals surface area contributed by atoms with Crippen LogP contribution in [0.2, 0.25) is 0 Å². The quantitative estimate of drug-likeness (QED) is 0.347. The Morgan fingerprint density at radius 2 is 1.73 bits per heavy atom. The highest BCUT2D eigenvalue weighted by atomic mass is 35.5. The number of rotatable bonds is 11. The maximum absolute atomic E-state index is 12.6. The van der Waals surface area contributed by atoms with E-state index in [4.69, 9.17) is 4.74 Å². The first-order valence-electron chi connectivity index (χ1n) is 11.9. The zero-order chi connectivity index (χ0) is 23.8. The summed E-state index contributed by atoms with van der Waals surface area (Å²) < 4.78 is 32.6. The first-order valence-corrected chi connectivity index (χ1v) is 13.5. The Kier molecular flexibility index (Phi) is 13.9. The van der Waals surface area contributed by atoms with Gasteiger partial charge < -0.3 is 15.5 Å². The van der Waals surface area contributed by atoms with Gasteiger partial charge in [0.2, 0.25) is 5.95 Å². The molecule has 3 aromatic rings. The number of nitrogens with zero attached hydrogens (tertiary/aromatic N) is 4. The zero-order valence-corrected chi connectivity index (χ0v) is 23.5. The van der Waals surface area contributed by atoms with E-state index in [-0.39, 0.29) is 46.8 Å². The number of nitrogens with one attached hydrogen (secondary N) is 1. The zero-order valence-electron chi connectivity index (χ0n) is 21.0. The molecule has 2 heterocycles. The van der Waals surface area contributed by atoms with Gasteiger partial charge in [-0.15, -0.1) is 24.8 Å². The van der Waals surface area contributed by atoms with Gasteiger partial charge in [-0.1, -0.05) is 36.8 Å². The van der Waals surface area contributed by atoms with Crippen LogP contribution in [0.25, 0.3) is 0 Å². The average Bonchev–Trinajstić information content (AvgIpc) is 3.18. The van der Waals surface area contributed by atoms with Crippen LogP contribution in [0.1, 0.15) is 37.1 Å². The summed E-state index contributed by atoms with van der Waals surface area (Å²) in [4.78, 5) is 7.14. The number of likely N-dealkylation sites (tertiary alicyclic amines) is 1. The van der Waals surface area contributed by atoms with Gasteiger partial charge in [-0.05, 0) is 62.2 Å². The molecule has 37 heavy (non-hydrogen) atoms. The molecule has 0 spiro atoms. The van der Waals surface area contributed by atoms with Crippen LogP contribution in [-0.2, 0) is 29.2 Å². The van der Waals surface area contributed by atoms with E-state index in [1.165, 1.54) is 37.9 Å². The van der Waals surface area contributed by atoms with Crippen LogP contribution >= 0.6 is 24.8 Å². The van der Waals surface area contributed by atoms with Crippen molar-refractivity contribution in [3.05, 3.63) is 66.0 Å². The Labute approximate surface area is 231 Å². The third-order valence-electron chi connectivity index (χ3n) is 5.85. The first kappa shape index (κ1) is 32.7. The summed E-state index contributed by atoms with van der Waals surface area (Å²) >= 11 is 0. The SMILES string of the molecule is Cl.Cl.Cn1nc(CS(=O)(=O)c2ccccc2)nc1NCCCOc1cccc(CN2CCCCC2)c1.O. The second-order valence-electron chi connectivity index (χ2n) is 8.66. The van der Waals surface area contributed by atoms with Crippen molar-refractivity contribution < 1.29 is 18.6 Å². The number of benzene rings is 2. The lowest BCUT2D eigenvalue weighted by Crippen LogP contribution is -2.29. The number of hydrogen-bond donors (Lipinski definition) is 1. The van der Waals surface area contributed by atoms with Gasteiger partial charge in [0.05, 0.1) is 11.5 Å². The van der Waals surface area contributed by atoms with Gasteiger partial charge in [0, 0.05) is 20.1 Å². The van der Waals surface area contributed by atoms with Gasteiger partial charge >= 0.3 is 0 Å². The third-order valence-corrected chi connectivity index (χ3v) is 7.48. The van der Waals surface area contributed by atoms with Crippen molar-refractivity contribution in [1.29, 1.82) is 0 Å². The number of aryl methyl sites for hydroxylation is 1. The molecule has 9 nitrogen and oxygen atoms in total. The van der Waals surface area contributed by atoms with E-state index in [1.54, 1.807) is 42.1 Å². The summed E-state index contributed by atoms with van der Waals surface area (Å²) in [6.07, 6.45) is 4.70. The molecule has 4 rings (SSSR count). The number of piperidine rings is 1. The maximum atomic E-state index is 12.6. The molecule has 1 aliphatic rings. The van der Waals surface area contributed by atoms with E-state index >= 15 is 0 Å². The van der Waals surface area contributed by atoms with Crippen LogP contribution in [0.5, 0.6) is 5.75 Å². The Morgan fingerprint density at radius 3 is 2.46 bits per heavy atom. The van der Waals surface area contributed by atoms with Gasteiger partial charge in [-0.2, -0.15) is 10.1 Å². The predicted octanol–water partition coefficient (Wildman–Crippen LogP) is 3.67. The molecule has 0 aliphatic carbocycles. The minimum absolute atomic E-state index is 0. The number of halogens is 2. The highest BCUT2D eigenvalue weighted by Gasteiger charge is 2.19. The minimum Gasteiger partial charge on any atom is -0.494 e. The highest BCUT2D eigenvalue weighted by molar-refractivity contribution is 7.90. The van der Waals surface area contributed by atoms with Crippen molar-refractivity contribution in [2.24, 2.45) is 7.05 Å². The lowest BCUT2D eigenvalue weighted by Gasteiger charge is -2.26. The largest absolute Gasteiger partial charge is 0.494 e. The topological polar surface area (TPSA) is 121 Å². The van der Waals surface area contributed by atoms with Crippen LogP contribution in [0.3, 0.4) is 0 Å². The molecule has 3 N–H and O–H groups in total. The molecule has 2 aromatic carbocycles. The molecule has 0 atom stereocenters. The summed E-state index contributed by atoms with van der Waals surface area (Å²) in [6, 6.07) is 16.7. The number of anilines is 1. The van der Waals surface area contributed by atoms with Crippen molar-refractivity contribution in [3.63, 3.8) is 0 Å². The molecule has 1 fully saturated rings. The van der Waals surface area contributed by atoms with E-state index < -0.39 is 9.84 Å². The number of sulfone groups is 1. The molecule has 0 unspecified atom stereocenters. The Hall–Kier alpha value is -2.37. The average molecular weight is 575 g/mol. The summed E-state index contributed by atoms with van der Waals surface area (Å²) in [5.41, 5.74) is 1.29. The molecule has 1 aromatic heterocycles. The summed E-state index contributed by atoms with van der Waals surface area (Å²) in [5, 5.41) is 7.47. The van der Waals surface area contributed by atoms with Crippen LogP contribution in [0.4, 0.5) is 5.95 Å². The minimum atomic E-state index is -3.48. The summed E-state index contributed by atoms with van der Waals surface area (Å²) in [7, 11) is -1.73. The van der Waals surface area contributed by atoms with E-state index in [1.807, 2.05) is 6.07 Å². The molecule has 0 bridgehead atoms. The maximum Gasteiger partial charge on any atom is 0.221 e. The molecule has 1 aliphatic heterocycles. The highest BCUT2D eigenvalue weighted by Crippen LogP contribution is 2.18. The van der Waals surface area contributed by atoms with Gasteiger partial charge in [0.25, 0.3) is 0 Å². The Balaban J connectivity index is 0.00000228. The molecular weight excluding hydrogens is 537 g/mol. The molecule has 12 heteroatoms. The van der Waals surface area contributed by atoms with Gasteiger partial charge in [-0.25, -0.2) is 13.1 Å². The molecule has 0 radical (unpaired) electrons. The molecule has 0 saturated carbocycles. The van der Waals surface area contributed by atoms with Crippen LogP contribution in [-0.4, -0.2) is 59.8 Å². The second-order valence-corrected chi connectivity index (χ2v) is 10.6. The monoisotopic (exact) mass is 573 g/mol. The Morgan fingerprint density at radius 1 is 1.00 bits per heavy atom. The number of aromatic nitrogens is 3. The molecule has 1 saturated heterocycles. The van der Waals surface area contributed by atoms with E-state index in [9.17, 15) is 8.42 Å². The second kappa shape index (κ2) is 15.8. The smallest absolute Gasteiger partial charge is 0.221 e. The van der Waals surface area contributed by atoms with Gasteiger partial charge in [-0.3, -0.25) is 4.90 Å². The van der Waals surface area contributed by atoms with Gasteiger partial charge in [0.15, 0.2) is 15.7 Å². The number of ether oxygens (including phenoxy) is 1. The molecule has 206 valence electrons. The fraction of sp³-hybridized carbons (Fsp3) is 0.440. The predicted molar refractivity (Wildman–Crippen MR) is 151 cm³/mol. The van der Waals surface area contributed by atoms with Crippen molar-refractivity contribution in [2.75, 3.05) is 31.6 Å². The number of hydrogen-bond acceptors (Lipinski definition) is 7. The molecular formula is C25H37Cl2N5O4S. The Bertz CT molecular complexity index is 1170. The van der Waals surface area contributed by atoms with E-state index in [0.29, 0.717) is 19.1 Å². The van der Waals surface area contributed by atoms with Crippen LogP contribution < -0.4 is 10.1 Å². The van der Waals surface area contributed by atoms with Gasteiger partial charge in [0.1, 0.15) is 11.5 Å². The van der Waals surface area contributed by atoms with Crippen molar-refractivity contribution >= 4 is 40.6 Å². The third kappa shape index (κ3) is 9.79. The summed E-state index contributed by atoms with van der Waals surface area (Å²) in [5.74, 6) is 1.47. The summed E-state index contributed by atoms with van der Waals surface area (Å²) in [6.45, 7) is 4.56. The standard InChI is InChI=1S/C25H33N5O3S.2ClH.H2O/c1-29-25(27-24(28-29)20-34(31,32)23-12-4-2-5-13-23)26-14-9-17-33-22-11-8-10-21(18-22)19-30-15-6-3-7-16-30;;;/h2,4-5,8,10-13,18H,3,6-7,9,14-17,19-20H2,1H3,(H,26,27,28);2*1H;1H2. The normalized spacial score (nSPS) is 13.5. The lowest BCUT2D eigenvalue weighted by atomic mass is 10.1. The van der Waals surface area contributed by atoms with Crippen LogP contribution in [0, 0.1) is 0 Å². The fourth-order valence-corrected chi connectivity index (χ4v) is 5.31. The van der Waals surface area contributed by atoms with Crippen LogP contribution in [0.15, 0.2) is 59.5 Å². The first-order chi connectivity index (χ1) is 16.5. The molecule has 0 amide bonds. The lowest BCUT2D eigenvalue weighted by molar-refractivity contribution is 0.220. The van der Waals surface area contributed by atoms with E-state index in [0.717, 1.165) is 18.7 Å². The van der Waals surface area contributed by atoms with E-state index in [2.05, 4.69) is 38.5 Å². The van der Waals surface area contributed by atoms with Crippen molar-refractivity contribution in [3.8, 4) is 5.75 Å². The fourth-order valence-electron chi connectivity index (χ4n) is 4.11. The van der Waals surface area contributed by atoms with Crippen molar-refractivity contribution in [1.82, 2.24) is 19.7 Å².